The van der Waals surface area contributed by atoms with Crippen LogP contribution in [0.1, 0.15) is 62.1 Å². The molecule has 2 aromatic heterocycles. The number of nitrogens with zero attached hydrogens (tertiary/aromatic N) is 6. The highest BCUT2D eigenvalue weighted by atomic mass is 32.1. The third-order valence-electron chi connectivity index (χ3n) is 11.9. The smallest absolute Gasteiger partial charge is 0.419 e. The van der Waals surface area contributed by atoms with Crippen LogP contribution >= 0.6 is 11.3 Å². The molecule has 0 aliphatic carbocycles. The average molecular weight is 854 g/mol. The second kappa shape index (κ2) is 15.4. The molecule has 4 aliphatic rings. The van der Waals surface area contributed by atoms with Gasteiger partial charge >= 0.3 is 24.5 Å². The van der Waals surface area contributed by atoms with E-state index in [9.17, 15) is 14.4 Å². The summed E-state index contributed by atoms with van der Waals surface area (Å²) in [6.07, 6.45) is -10.4. The number of hydrogen-bond donors (Lipinski definition) is 1. The van der Waals surface area contributed by atoms with Crippen molar-refractivity contribution < 1.29 is 54.1 Å². The number of nitriles is 1. The van der Waals surface area contributed by atoms with E-state index in [1.807, 2.05) is 4.90 Å². The van der Waals surface area contributed by atoms with E-state index >= 15 is 30.7 Å². The lowest BCUT2D eigenvalue weighted by molar-refractivity contribution is -0.141. The van der Waals surface area contributed by atoms with E-state index in [-0.39, 0.29) is 62.6 Å². The number of thiophene rings is 1. The Morgan fingerprint density at radius 1 is 1.12 bits per heavy atom. The van der Waals surface area contributed by atoms with Crippen molar-refractivity contribution in [1.82, 2.24) is 19.8 Å². The molecule has 4 fully saturated rings. The molecule has 0 radical (unpaired) electrons. The van der Waals surface area contributed by atoms with Gasteiger partial charge in [-0.25, -0.2) is 13.6 Å². The number of carbonyl (C=O) groups excluding carboxylic acids is 1. The van der Waals surface area contributed by atoms with E-state index in [0.29, 0.717) is 56.4 Å². The summed E-state index contributed by atoms with van der Waals surface area (Å²) in [5.74, 6) is -1.30. The fraction of sp³-hybridized carbons (Fsp3) is 0.538. The van der Waals surface area contributed by atoms with Crippen LogP contribution in [0.5, 0.6) is 6.01 Å². The maximum absolute atomic E-state index is 15.8. The Balaban J connectivity index is 1.32. The van der Waals surface area contributed by atoms with E-state index in [0.717, 1.165) is 18.6 Å². The Morgan fingerprint density at radius 3 is 2.58 bits per heavy atom. The molecule has 0 spiro atoms. The summed E-state index contributed by atoms with van der Waals surface area (Å²) in [6, 6.07) is 2.52. The van der Waals surface area contributed by atoms with Crippen molar-refractivity contribution in [3.8, 4) is 23.2 Å². The summed E-state index contributed by atoms with van der Waals surface area (Å²) in [7, 11) is 0. The van der Waals surface area contributed by atoms with Crippen LogP contribution in [0, 0.1) is 17.1 Å². The van der Waals surface area contributed by atoms with Crippen LogP contribution in [0.2, 0.25) is 0 Å². The Bertz CT molecular complexity index is 2330. The van der Waals surface area contributed by atoms with Crippen molar-refractivity contribution in [3.63, 3.8) is 0 Å². The number of benzene rings is 2. The van der Waals surface area contributed by atoms with Gasteiger partial charge in [0.25, 0.3) is 0 Å². The number of carbonyl (C=O) groups is 1. The number of likely N-dealkylation sites (N-methyl/N-ethyl adjacent to an activating group) is 1. The fourth-order valence-corrected chi connectivity index (χ4v) is 10.2. The van der Waals surface area contributed by atoms with E-state index in [1.165, 1.54) is 9.80 Å². The summed E-state index contributed by atoms with van der Waals surface area (Å²) in [5.41, 5.74) is -1.91. The highest BCUT2D eigenvalue weighted by molar-refractivity contribution is 7.23. The van der Waals surface area contributed by atoms with Gasteiger partial charge < -0.3 is 29.7 Å². The molecule has 1 amide bonds. The number of nitrogens with two attached hydrogens (primary N) is 1. The van der Waals surface area contributed by atoms with Gasteiger partial charge in [0.2, 0.25) is 0 Å². The minimum Gasteiger partial charge on any atom is -0.461 e. The van der Waals surface area contributed by atoms with Crippen LogP contribution in [-0.2, 0) is 21.8 Å². The highest BCUT2D eigenvalue weighted by Gasteiger charge is 2.50. The van der Waals surface area contributed by atoms with Gasteiger partial charge in [-0.2, -0.15) is 41.6 Å². The third kappa shape index (κ3) is 7.43. The number of likely N-dealkylation sites (tertiary alicyclic amines) is 1. The molecule has 316 valence electrons. The zero-order valence-electron chi connectivity index (χ0n) is 31.7. The molecule has 59 heavy (non-hydrogen) atoms. The van der Waals surface area contributed by atoms with Gasteiger partial charge in [-0.1, -0.05) is 6.07 Å². The predicted octanol–water partition coefficient (Wildman–Crippen LogP) is 8.31. The molecular weight excluding hydrogens is 815 g/mol. The largest absolute Gasteiger partial charge is 0.461 e. The van der Waals surface area contributed by atoms with Gasteiger partial charge in [0.05, 0.1) is 45.7 Å². The zero-order chi connectivity index (χ0) is 42.0. The second-order valence-corrected chi connectivity index (χ2v) is 16.4. The van der Waals surface area contributed by atoms with Crippen LogP contribution in [0.3, 0.4) is 0 Å². The number of aromatic nitrogens is 2. The standard InChI is InChI=1S/C39H39F8N7O4S/c1-2-54(21-6-11-52(18-21)36(55)58-22-7-12-56-13-8-22)34-24-14-26(38(42,43)44)29(23-4-5-27(41)32-28(23)25(16-48)33(49)59-32)30(39(45,46)47)31(24)50-35(51-34)57-19-37-9-3-10-53(37)17-20(40)15-37/h4-5,14,20-22H,2-3,6-13,15,17-19,49H2,1H3/t20-,21+,37+/m1/s1. The number of fused-ring (bicyclic) bond motifs is 3. The first kappa shape index (κ1) is 41.0. The summed E-state index contributed by atoms with van der Waals surface area (Å²) < 4.78 is 140. The first-order valence-electron chi connectivity index (χ1n) is 19.3. The van der Waals surface area contributed by atoms with Gasteiger partial charge in [0.15, 0.2) is 0 Å². The summed E-state index contributed by atoms with van der Waals surface area (Å²) in [5, 5.41) is 8.52. The number of rotatable bonds is 8. The van der Waals surface area contributed by atoms with Crippen LogP contribution < -0.4 is 15.4 Å². The maximum Gasteiger partial charge on any atom is 0.419 e. The molecule has 6 heterocycles. The highest BCUT2D eigenvalue weighted by Crippen LogP contribution is 2.52. The van der Waals surface area contributed by atoms with Crippen LogP contribution in [-0.4, -0.2) is 102 Å². The fourth-order valence-electron chi connectivity index (χ4n) is 9.20. The molecule has 20 heteroatoms. The molecule has 0 saturated carbocycles. The number of nitrogen functional groups attached to an aromatic ring is 1. The second-order valence-electron chi connectivity index (χ2n) is 15.4. The lowest BCUT2D eigenvalue weighted by Gasteiger charge is -2.32. The van der Waals surface area contributed by atoms with E-state index in [4.69, 9.17) is 19.9 Å². The predicted molar refractivity (Wildman–Crippen MR) is 201 cm³/mol. The van der Waals surface area contributed by atoms with Crippen molar-refractivity contribution in [1.29, 1.82) is 5.26 Å². The maximum atomic E-state index is 15.8. The van der Waals surface area contributed by atoms with Crippen LogP contribution in [0.25, 0.3) is 32.1 Å². The Morgan fingerprint density at radius 2 is 1.88 bits per heavy atom. The Labute approximate surface area is 336 Å². The molecule has 4 saturated heterocycles. The van der Waals surface area contributed by atoms with Gasteiger partial charge in [0, 0.05) is 67.8 Å². The summed E-state index contributed by atoms with van der Waals surface area (Å²) >= 11 is 0.525. The number of anilines is 2. The van der Waals surface area contributed by atoms with Gasteiger partial charge in [-0.3, -0.25) is 4.90 Å². The molecule has 2 N–H and O–H groups in total. The van der Waals surface area contributed by atoms with E-state index in [2.05, 4.69) is 9.97 Å². The Kier molecular flexibility index (Phi) is 10.7. The number of hydrogen-bond acceptors (Lipinski definition) is 11. The topological polar surface area (TPSA) is 130 Å². The summed E-state index contributed by atoms with van der Waals surface area (Å²) in [6.45, 7) is 3.28. The quantitative estimate of drug-likeness (QED) is 0.173. The molecule has 0 bridgehead atoms. The van der Waals surface area contributed by atoms with Crippen LogP contribution in [0.4, 0.5) is 50.7 Å². The van der Waals surface area contributed by atoms with Gasteiger partial charge in [0.1, 0.15) is 41.6 Å². The van der Waals surface area contributed by atoms with E-state index in [1.54, 1.807) is 13.0 Å². The Hall–Kier alpha value is -4.74. The average Bonchev–Trinajstić information content (AvgIpc) is 3.96. The molecule has 2 aromatic carbocycles. The minimum atomic E-state index is -5.53. The monoisotopic (exact) mass is 853 g/mol. The first-order chi connectivity index (χ1) is 28.0. The molecule has 0 unspecified atom stereocenters. The first-order valence-corrected chi connectivity index (χ1v) is 20.1. The number of halogens is 8. The summed E-state index contributed by atoms with van der Waals surface area (Å²) in [4.78, 5) is 26.8. The molecular formula is C39H39F8N7O4S. The molecule has 3 atom stereocenters. The van der Waals surface area contributed by atoms with Gasteiger partial charge in [-0.15, -0.1) is 11.3 Å². The van der Waals surface area contributed by atoms with Crippen molar-refractivity contribution in [2.75, 3.05) is 63.2 Å². The molecule has 4 aliphatic heterocycles. The van der Waals surface area contributed by atoms with Gasteiger partial charge in [-0.05, 0) is 50.4 Å². The molecule has 8 rings (SSSR count). The van der Waals surface area contributed by atoms with Crippen molar-refractivity contribution >= 4 is 49.2 Å². The number of amides is 1. The minimum absolute atomic E-state index is 0.0218. The SMILES string of the molecule is CCN(c1nc(OC[C@@]23CCCN2C[C@H](F)C3)nc2c(C(F)(F)F)c(-c3ccc(F)c4sc(N)c(C#N)c34)c(C(F)(F)F)cc12)[C@H]1CCN(C(=O)OC2CCOCC2)C1. The molecule has 11 nitrogen and oxygen atoms in total. The lowest BCUT2D eigenvalue weighted by atomic mass is 9.88. The zero-order valence-corrected chi connectivity index (χ0v) is 32.5. The lowest BCUT2D eigenvalue weighted by Crippen LogP contribution is -2.43. The van der Waals surface area contributed by atoms with Crippen molar-refractivity contribution in [2.24, 2.45) is 0 Å². The third-order valence-corrected chi connectivity index (χ3v) is 12.9. The van der Waals surface area contributed by atoms with Crippen molar-refractivity contribution in [3.05, 3.63) is 40.7 Å². The normalized spacial score (nSPS) is 22.9. The van der Waals surface area contributed by atoms with Crippen molar-refractivity contribution in [2.45, 2.75) is 81.7 Å². The number of ether oxygens (including phenoxy) is 3. The van der Waals surface area contributed by atoms with Crippen LogP contribution in [0.15, 0.2) is 18.2 Å². The molecule has 4 aromatic rings. The number of alkyl halides is 7. The van der Waals surface area contributed by atoms with E-state index < -0.39 is 96.8 Å².